The lowest BCUT2D eigenvalue weighted by atomic mass is 9.86. The van der Waals surface area contributed by atoms with E-state index in [2.05, 4.69) is 146 Å². The smallest absolute Gasteiger partial charge is 0.00197 e. The van der Waals surface area contributed by atoms with E-state index in [0.29, 0.717) is 0 Å². The largest absolute Gasteiger partial charge is 0.0622 e. The Bertz CT molecular complexity index is 2170. The van der Waals surface area contributed by atoms with Gasteiger partial charge in [-0.05, 0) is 88.2 Å². The average molecular weight is 481 g/mol. The molecule has 0 amide bonds. The van der Waals surface area contributed by atoms with E-state index >= 15 is 0 Å². The summed E-state index contributed by atoms with van der Waals surface area (Å²) in [4.78, 5) is 0. The van der Waals surface area contributed by atoms with Crippen molar-refractivity contribution in [1.29, 1.82) is 0 Å². The monoisotopic (exact) mass is 480 g/mol. The topological polar surface area (TPSA) is 0 Å². The van der Waals surface area contributed by atoms with Gasteiger partial charge in [0.2, 0.25) is 0 Å². The van der Waals surface area contributed by atoms with E-state index in [4.69, 9.17) is 0 Å². The fourth-order valence-electron chi connectivity index (χ4n) is 6.32. The van der Waals surface area contributed by atoms with Crippen molar-refractivity contribution in [3.05, 3.63) is 146 Å². The van der Waals surface area contributed by atoms with Gasteiger partial charge in [-0.3, -0.25) is 0 Å². The minimum Gasteiger partial charge on any atom is -0.0622 e. The van der Waals surface area contributed by atoms with Crippen LogP contribution in [-0.4, -0.2) is 0 Å². The Hall–Kier alpha value is -4.94. The minimum absolute atomic E-state index is 1.24. The second-order valence-corrected chi connectivity index (χ2v) is 10.1. The lowest BCUT2D eigenvalue weighted by Crippen LogP contribution is -1.90. The van der Waals surface area contributed by atoms with Crippen molar-refractivity contribution in [2.75, 3.05) is 0 Å². The summed E-state index contributed by atoms with van der Waals surface area (Å²) in [6.45, 7) is 0. The van der Waals surface area contributed by atoms with Gasteiger partial charge in [-0.25, -0.2) is 0 Å². The van der Waals surface area contributed by atoms with Crippen LogP contribution >= 0.6 is 0 Å². The van der Waals surface area contributed by atoms with Crippen LogP contribution in [0, 0.1) is 0 Å². The predicted octanol–water partition coefficient (Wildman–Crippen LogP) is 10.8. The van der Waals surface area contributed by atoms with Gasteiger partial charge in [0.1, 0.15) is 0 Å². The van der Waals surface area contributed by atoms with E-state index in [-0.39, 0.29) is 0 Å². The first-order valence-electron chi connectivity index (χ1n) is 13.2. The molecule has 8 rings (SSSR count). The summed E-state index contributed by atoms with van der Waals surface area (Å²) in [5.74, 6) is 0. The molecule has 0 fully saturated rings. The zero-order chi connectivity index (χ0) is 25.1. The van der Waals surface area contributed by atoms with Crippen LogP contribution in [0.4, 0.5) is 0 Å². The Balaban J connectivity index is 1.55. The van der Waals surface area contributed by atoms with E-state index in [9.17, 15) is 0 Å². The van der Waals surface area contributed by atoms with Crippen LogP contribution in [0.15, 0.2) is 146 Å². The van der Waals surface area contributed by atoms with E-state index in [1.54, 1.807) is 0 Å². The highest BCUT2D eigenvalue weighted by Crippen LogP contribution is 2.44. The summed E-state index contributed by atoms with van der Waals surface area (Å²) in [6.07, 6.45) is 0. The van der Waals surface area contributed by atoms with E-state index in [1.165, 1.54) is 76.1 Å². The van der Waals surface area contributed by atoms with E-state index in [1.807, 2.05) is 0 Å². The molecule has 0 heterocycles. The van der Waals surface area contributed by atoms with Crippen molar-refractivity contribution in [3.63, 3.8) is 0 Å². The highest BCUT2D eigenvalue weighted by Gasteiger charge is 2.16. The van der Waals surface area contributed by atoms with E-state index in [0.717, 1.165) is 0 Å². The number of hydrogen-bond acceptors (Lipinski definition) is 0. The van der Waals surface area contributed by atoms with Gasteiger partial charge in [-0.15, -0.1) is 0 Å². The van der Waals surface area contributed by atoms with Crippen molar-refractivity contribution in [2.24, 2.45) is 0 Å². The average Bonchev–Trinajstić information content (AvgIpc) is 3.00. The maximum absolute atomic E-state index is 2.43. The molecule has 0 aliphatic heterocycles. The molecule has 0 aliphatic carbocycles. The summed E-state index contributed by atoms with van der Waals surface area (Å²) in [5, 5.41) is 13.1. The molecule has 0 saturated heterocycles. The molecule has 8 aromatic carbocycles. The molecular weight excluding hydrogens is 456 g/mol. The highest BCUT2D eigenvalue weighted by atomic mass is 14.2. The Kier molecular flexibility index (Phi) is 4.62. The normalized spacial score (nSPS) is 11.7. The zero-order valence-corrected chi connectivity index (χ0v) is 20.9. The van der Waals surface area contributed by atoms with Crippen molar-refractivity contribution in [3.8, 4) is 22.3 Å². The van der Waals surface area contributed by atoms with Crippen molar-refractivity contribution in [1.82, 2.24) is 0 Å². The molecule has 0 spiro atoms. The van der Waals surface area contributed by atoms with Gasteiger partial charge < -0.3 is 0 Å². The van der Waals surface area contributed by atoms with Gasteiger partial charge >= 0.3 is 0 Å². The van der Waals surface area contributed by atoms with Crippen LogP contribution in [0.3, 0.4) is 0 Å². The third kappa shape index (κ3) is 3.11. The maximum atomic E-state index is 2.43. The van der Waals surface area contributed by atoms with Crippen molar-refractivity contribution < 1.29 is 0 Å². The molecule has 176 valence electrons. The van der Waals surface area contributed by atoms with E-state index < -0.39 is 0 Å². The molecule has 0 N–H and O–H groups in total. The van der Waals surface area contributed by atoms with Gasteiger partial charge in [0, 0.05) is 0 Å². The second-order valence-electron chi connectivity index (χ2n) is 10.1. The molecule has 0 unspecified atom stereocenters. The van der Waals surface area contributed by atoms with Crippen LogP contribution < -0.4 is 0 Å². The number of benzene rings is 8. The van der Waals surface area contributed by atoms with Crippen molar-refractivity contribution in [2.45, 2.75) is 0 Å². The molecule has 0 saturated carbocycles. The third-order valence-corrected chi connectivity index (χ3v) is 8.01. The van der Waals surface area contributed by atoms with Crippen LogP contribution in [0.25, 0.3) is 76.1 Å². The number of fused-ring (bicyclic) bond motifs is 10. The second kappa shape index (κ2) is 8.30. The van der Waals surface area contributed by atoms with Crippen molar-refractivity contribution >= 4 is 53.9 Å². The first-order chi connectivity index (χ1) is 18.9. The van der Waals surface area contributed by atoms with Gasteiger partial charge in [-0.2, -0.15) is 0 Å². The fraction of sp³-hybridized carbons (Fsp3) is 0. The molecule has 0 aromatic heterocycles. The van der Waals surface area contributed by atoms with Gasteiger partial charge in [-0.1, -0.05) is 133 Å². The standard InChI is InChI=1S/C38H24/c1-2-11-25(12-3-1)27-14-10-15-28(23-27)35-24-36-31-18-7-9-20-33(31)37-29-16-5-4-13-26(29)21-22-34(37)38(36)32-19-8-6-17-30(32)35/h1-24H. The first kappa shape index (κ1) is 21.2. The highest BCUT2D eigenvalue weighted by molar-refractivity contribution is 6.36. The Labute approximate surface area is 221 Å². The number of hydrogen-bond donors (Lipinski definition) is 0. The lowest BCUT2D eigenvalue weighted by molar-refractivity contribution is 1.61. The zero-order valence-electron chi connectivity index (χ0n) is 20.9. The van der Waals surface area contributed by atoms with Crippen LogP contribution in [0.5, 0.6) is 0 Å². The number of rotatable bonds is 2. The molecule has 0 nitrogen and oxygen atoms in total. The summed E-state index contributed by atoms with van der Waals surface area (Å²) < 4.78 is 0. The molecule has 0 radical (unpaired) electrons. The molecule has 0 heteroatoms. The van der Waals surface area contributed by atoms with Crippen LogP contribution in [0.1, 0.15) is 0 Å². The Morgan fingerprint density at radius 1 is 0.263 bits per heavy atom. The summed E-state index contributed by atoms with van der Waals surface area (Å²) in [5.41, 5.74) is 4.99. The Morgan fingerprint density at radius 2 is 0.842 bits per heavy atom. The predicted molar refractivity (Wildman–Crippen MR) is 165 cm³/mol. The summed E-state index contributed by atoms with van der Waals surface area (Å²) >= 11 is 0. The fourth-order valence-corrected chi connectivity index (χ4v) is 6.32. The molecule has 8 aromatic rings. The van der Waals surface area contributed by atoms with Gasteiger partial charge in [0.25, 0.3) is 0 Å². The van der Waals surface area contributed by atoms with Crippen LogP contribution in [-0.2, 0) is 0 Å². The molecule has 0 bridgehead atoms. The first-order valence-corrected chi connectivity index (χ1v) is 13.2. The third-order valence-electron chi connectivity index (χ3n) is 8.01. The quantitative estimate of drug-likeness (QED) is 0.216. The Morgan fingerprint density at radius 3 is 1.66 bits per heavy atom. The summed E-state index contributed by atoms with van der Waals surface area (Å²) in [6, 6.07) is 53.2. The SMILES string of the molecule is c1ccc(-c2cccc(-c3cc4c5ccccc5c5c6ccccc6ccc5c4c4ccccc34)c2)cc1. The summed E-state index contributed by atoms with van der Waals surface area (Å²) in [7, 11) is 0. The maximum Gasteiger partial charge on any atom is -0.00197 e. The van der Waals surface area contributed by atoms with Gasteiger partial charge in [0.05, 0.1) is 0 Å². The van der Waals surface area contributed by atoms with Gasteiger partial charge in [0.15, 0.2) is 0 Å². The minimum atomic E-state index is 1.24. The lowest BCUT2D eigenvalue weighted by Gasteiger charge is -2.17. The molecule has 38 heavy (non-hydrogen) atoms. The molecule has 0 aliphatic rings. The molecular formula is C38H24. The molecule has 0 atom stereocenters. The van der Waals surface area contributed by atoms with Crippen LogP contribution in [0.2, 0.25) is 0 Å².